The third kappa shape index (κ3) is 8.09. The molecule has 0 bridgehead atoms. The maximum atomic E-state index is 11.5. The number of nitrogens with zero attached hydrogens (tertiary/aromatic N) is 2. The number of benzene rings is 1. The van der Waals surface area contributed by atoms with Gasteiger partial charge in [-0.3, -0.25) is 0 Å². The summed E-state index contributed by atoms with van der Waals surface area (Å²) >= 11 is 0. The highest BCUT2D eigenvalue weighted by Crippen LogP contribution is 2.27. The normalized spacial score (nSPS) is 9.76. The number of carboxylic acids is 1. The van der Waals surface area contributed by atoms with E-state index < -0.39 is 17.2 Å². The van der Waals surface area contributed by atoms with Gasteiger partial charge in [0.15, 0.2) is 11.3 Å². The molecule has 11 heteroatoms. The van der Waals surface area contributed by atoms with Crippen molar-refractivity contribution < 1.29 is 38.6 Å². The van der Waals surface area contributed by atoms with Gasteiger partial charge in [-0.2, -0.15) is 0 Å². The van der Waals surface area contributed by atoms with Gasteiger partial charge >= 0.3 is 11.6 Å². The molecule has 0 spiro atoms. The SMILES string of the molecule is CCOc1c(C(=O)O)c(=O)oc2ccccc12.OCCOCCO.c1cnon1. The average molecular weight is 410 g/mol. The van der Waals surface area contributed by atoms with Crippen molar-refractivity contribution in [3.8, 4) is 5.75 Å². The van der Waals surface area contributed by atoms with Crippen LogP contribution in [0.15, 0.2) is 50.5 Å². The van der Waals surface area contributed by atoms with Gasteiger partial charge in [0.05, 0.1) is 50.8 Å². The van der Waals surface area contributed by atoms with Crippen molar-refractivity contribution in [2.45, 2.75) is 6.92 Å². The summed E-state index contributed by atoms with van der Waals surface area (Å²) in [4.78, 5) is 22.6. The molecule has 1 aromatic carbocycles. The minimum atomic E-state index is -1.35. The van der Waals surface area contributed by atoms with Crippen LogP contribution in [0, 0.1) is 0 Å². The predicted molar refractivity (Wildman–Crippen MR) is 99.9 cm³/mol. The first-order valence-electron chi connectivity index (χ1n) is 8.49. The standard InChI is InChI=1S/C12H10O5.C4H10O3.C2H2N2O/c1-2-16-10-7-5-3-4-6-8(7)17-12(15)9(10)11(13)14;5-1-3-7-4-2-6;1-2-4-5-3-1/h3-6H,2H2,1H3,(H,13,14);5-6H,1-4H2;1-2H. The second kappa shape index (κ2) is 13.8. The van der Waals surface area contributed by atoms with E-state index in [0.717, 1.165) is 0 Å². The summed E-state index contributed by atoms with van der Waals surface area (Å²) in [7, 11) is 0. The largest absolute Gasteiger partial charge is 0.492 e. The van der Waals surface area contributed by atoms with Crippen LogP contribution < -0.4 is 10.4 Å². The first-order valence-corrected chi connectivity index (χ1v) is 8.49. The molecule has 3 aromatic rings. The summed E-state index contributed by atoms with van der Waals surface area (Å²) in [6.07, 6.45) is 2.94. The van der Waals surface area contributed by atoms with Crippen molar-refractivity contribution >= 4 is 16.9 Å². The molecule has 0 fully saturated rings. The number of fused-ring (bicyclic) bond motifs is 1. The van der Waals surface area contributed by atoms with E-state index in [1.54, 1.807) is 31.2 Å². The molecule has 3 rings (SSSR count). The Labute approximate surface area is 165 Å². The summed E-state index contributed by atoms with van der Waals surface area (Å²) < 4.78 is 18.9. The quantitative estimate of drug-likeness (QED) is 0.375. The molecule has 2 aromatic heterocycles. The van der Waals surface area contributed by atoms with Crippen LogP contribution >= 0.6 is 0 Å². The number of aromatic carboxylic acids is 1. The van der Waals surface area contributed by atoms with Gasteiger partial charge in [-0.15, -0.1) is 0 Å². The van der Waals surface area contributed by atoms with Gasteiger partial charge in [-0.05, 0) is 19.1 Å². The van der Waals surface area contributed by atoms with Crippen LogP contribution in [0.3, 0.4) is 0 Å². The molecule has 0 saturated heterocycles. The number of ether oxygens (including phenoxy) is 2. The van der Waals surface area contributed by atoms with Crippen molar-refractivity contribution in [3.05, 3.63) is 52.6 Å². The van der Waals surface area contributed by atoms with Crippen molar-refractivity contribution in [2.24, 2.45) is 0 Å². The van der Waals surface area contributed by atoms with Crippen LogP contribution in [-0.2, 0) is 4.74 Å². The maximum Gasteiger partial charge on any atom is 0.354 e. The van der Waals surface area contributed by atoms with E-state index in [2.05, 4.69) is 19.7 Å². The lowest BCUT2D eigenvalue weighted by Gasteiger charge is -2.08. The fraction of sp³-hybridized carbons (Fsp3) is 0.333. The molecule has 0 atom stereocenters. The molecule has 3 N–H and O–H groups in total. The van der Waals surface area contributed by atoms with Crippen molar-refractivity contribution in [3.63, 3.8) is 0 Å². The topological polar surface area (TPSA) is 165 Å². The van der Waals surface area contributed by atoms with Crippen LogP contribution in [0.2, 0.25) is 0 Å². The first-order chi connectivity index (χ1) is 14.1. The van der Waals surface area contributed by atoms with Gasteiger partial charge < -0.3 is 29.2 Å². The number of hydrogen-bond acceptors (Lipinski definition) is 10. The van der Waals surface area contributed by atoms with Crippen LogP contribution in [0.4, 0.5) is 0 Å². The Bertz CT molecular complexity index is 873. The van der Waals surface area contributed by atoms with Gasteiger partial charge in [0, 0.05) is 0 Å². The lowest BCUT2D eigenvalue weighted by atomic mass is 10.1. The number of carbonyl (C=O) groups is 1. The zero-order valence-electron chi connectivity index (χ0n) is 15.7. The zero-order chi connectivity index (χ0) is 21.5. The summed E-state index contributed by atoms with van der Waals surface area (Å²) in [5.41, 5.74) is -1.06. The number of aliphatic hydroxyl groups is 2. The molecule has 29 heavy (non-hydrogen) atoms. The smallest absolute Gasteiger partial charge is 0.354 e. The van der Waals surface area contributed by atoms with Gasteiger partial charge in [-0.1, -0.05) is 22.4 Å². The first kappa shape index (κ1) is 23.8. The second-order valence-corrected chi connectivity index (χ2v) is 4.98. The number of hydrogen-bond donors (Lipinski definition) is 3. The summed E-state index contributed by atoms with van der Waals surface area (Å²) in [5, 5.41) is 32.1. The van der Waals surface area contributed by atoms with Crippen molar-refractivity contribution in [2.75, 3.05) is 33.0 Å². The molecule has 0 saturated carbocycles. The Balaban J connectivity index is 0.000000287. The third-order valence-corrected chi connectivity index (χ3v) is 3.02. The number of para-hydroxylation sites is 1. The fourth-order valence-electron chi connectivity index (χ4n) is 1.97. The second-order valence-electron chi connectivity index (χ2n) is 4.98. The minimum absolute atomic E-state index is 0.0278. The zero-order valence-corrected chi connectivity index (χ0v) is 15.7. The molecule has 2 heterocycles. The third-order valence-electron chi connectivity index (χ3n) is 3.02. The minimum Gasteiger partial charge on any atom is -0.492 e. The van der Waals surface area contributed by atoms with E-state index in [-0.39, 0.29) is 25.6 Å². The Morgan fingerprint density at radius 1 is 1.10 bits per heavy atom. The highest BCUT2D eigenvalue weighted by atomic mass is 16.6. The number of carboxylic acid groups (broad SMARTS) is 1. The number of aromatic nitrogens is 2. The van der Waals surface area contributed by atoms with Gasteiger partial charge in [0.2, 0.25) is 0 Å². The molecule has 0 radical (unpaired) electrons. The molecular formula is C18H22N2O9. The van der Waals surface area contributed by atoms with Crippen molar-refractivity contribution in [1.29, 1.82) is 0 Å². The fourth-order valence-corrected chi connectivity index (χ4v) is 1.97. The summed E-state index contributed by atoms with van der Waals surface area (Å²) in [6, 6.07) is 6.65. The number of aliphatic hydroxyl groups excluding tert-OH is 2. The highest BCUT2D eigenvalue weighted by Gasteiger charge is 2.21. The van der Waals surface area contributed by atoms with E-state index in [1.807, 2.05) is 0 Å². The molecule has 0 aliphatic heterocycles. The van der Waals surface area contributed by atoms with E-state index in [4.69, 9.17) is 24.5 Å². The van der Waals surface area contributed by atoms with Crippen LogP contribution in [0.1, 0.15) is 17.3 Å². The van der Waals surface area contributed by atoms with Crippen LogP contribution in [0.25, 0.3) is 11.0 Å². The van der Waals surface area contributed by atoms with Crippen LogP contribution in [-0.4, -0.2) is 64.6 Å². The Morgan fingerprint density at radius 2 is 1.72 bits per heavy atom. The van der Waals surface area contributed by atoms with Crippen LogP contribution in [0.5, 0.6) is 5.75 Å². The molecule has 158 valence electrons. The Hall–Kier alpha value is -3.28. The van der Waals surface area contributed by atoms with E-state index in [9.17, 15) is 9.59 Å². The summed E-state index contributed by atoms with van der Waals surface area (Å²) in [6.45, 7) is 2.68. The van der Waals surface area contributed by atoms with Gasteiger partial charge in [-0.25, -0.2) is 14.2 Å². The molecular weight excluding hydrogens is 388 g/mol. The molecule has 0 aliphatic carbocycles. The van der Waals surface area contributed by atoms with E-state index >= 15 is 0 Å². The lowest BCUT2D eigenvalue weighted by Crippen LogP contribution is -2.16. The molecule has 0 amide bonds. The Kier molecular flexibility index (Phi) is 11.3. The number of rotatable bonds is 7. The Morgan fingerprint density at radius 3 is 2.21 bits per heavy atom. The monoisotopic (exact) mass is 410 g/mol. The maximum absolute atomic E-state index is 11.5. The average Bonchev–Trinajstić information content (AvgIpc) is 3.29. The molecule has 0 aliphatic rings. The molecule has 11 nitrogen and oxygen atoms in total. The predicted octanol–water partition coefficient (Wildman–Crippen LogP) is 0.947. The van der Waals surface area contributed by atoms with E-state index in [0.29, 0.717) is 24.2 Å². The van der Waals surface area contributed by atoms with Gasteiger partial charge in [0.1, 0.15) is 5.58 Å². The summed E-state index contributed by atoms with van der Waals surface area (Å²) in [5.74, 6) is -1.29. The van der Waals surface area contributed by atoms with Gasteiger partial charge in [0.25, 0.3) is 0 Å². The van der Waals surface area contributed by atoms with E-state index in [1.165, 1.54) is 12.4 Å². The van der Waals surface area contributed by atoms with Crippen molar-refractivity contribution in [1.82, 2.24) is 10.3 Å². The highest BCUT2D eigenvalue weighted by molar-refractivity contribution is 5.97. The lowest BCUT2D eigenvalue weighted by molar-refractivity contribution is 0.0650. The molecule has 0 unspecified atom stereocenters.